The summed E-state index contributed by atoms with van der Waals surface area (Å²) in [4.78, 5) is 4.13. The van der Waals surface area contributed by atoms with Gasteiger partial charge in [-0.25, -0.2) is 4.98 Å². The second kappa shape index (κ2) is 6.35. The Morgan fingerprint density at radius 3 is 2.65 bits per heavy atom. The summed E-state index contributed by atoms with van der Waals surface area (Å²) in [5, 5.41) is 10.0. The smallest absolute Gasteiger partial charge is 0.180 e. The molecule has 0 aliphatic rings. The van der Waals surface area contributed by atoms with Crippen LogP contribution in [0.15, 0.2) is 18.3 Å². The number of hydrogen-bond donors (Lipinski definition) is 1. The zero-order valence-electron chi connectivity index (χ0n) is 11.1. The Kier molecular flexibility index (Phi) is 4.75. The van der Waals surface area contributed by atoms with Crippen molar-refractivity contribution in [3.63, 3.8) is 0 Å². The highest BCUT2D eigenvalue weighted by molar-refractivity contribution is 6.32. The van der Waals surface area contributed by atoms with Crippen LogP contribution < -0.4 is 9.47 Å². The molecule has 0 aliphatic heterocycles. The fraction of sp³-hybridized carbons (Fsp3) is 0.308. The lowest BCUT2D eigenvalue weighted by Crippen LogP contribution is -2.05. The summed E-state index contributed by atoms with van der Waals surface area (Å²) in [7, 11) is 3.30. The normalized spacial score (nSPS) is 10.7. The Balaban J connectivity index is 2.23. The second-order valence-electron chi connectivity index (χ2n) is 4.11. The maximum absolute atomic E-state index is 9.14. The first-order chi connectivity index (χ1) is 9.56. The number of aliphatic hydroxyl groups is 1. The predicted molar refractivity (Wildman–Crippen MR) is 76.5 cm³/mol. The molecule has 0 spiro atoms. The summed E-state index contributed by atoms with van der Waals surface area (Å²) in [6.45, 7) is 0.0864. The van der Waals surface area contributed by atoms with Crippen molar-refractivity contribution in [3.05, 3.63) is 39.9 Å². The van der Waals surface area contributed by atoms with Gasteiger partial charge in [0.2, 0.25) is 0 Å². The molecule has 1 heterocycles. The van der Waals surface area contributed by atoms with Gasteiger partial charge in [0.05, 0.1) is 24.9 Å². The third-order valence-corrected chi connectivity index (χ3v) is 3.48. The molecule has 0 fully saturated rings. The molecule has 1 N–H and O–H groups in total. The standard InChI is InChI=1S/C13H14Cl2N2O3/c1-17-11(15)5-16-12(17)7-20-13-9(14)3-8(6-18)4-10(13)19-2/h3-5,18H,6-7H2,1-2H3. The topological polar surface area (TPSA) is 56.5 Å². The van der Waals surface area contributed by atoms with Crippen molar-refractivity contribution < 1.29 is 14.6 Å². The monoisotopic (exact) mass is 316 g/mol. The van der Waals surface area contributed by atoms with Crippen LogP contribution in [-0.2, 0) is 20.3 Å². The molecule has 0 saturated heterocycles. The summed E-state index contributed by atoms with van der Waals surface area (Å²) in [5.74, 6) is 1.53. The van der Waals surface area contributed by atoms with Crippen LogP contribution in [0.2, 0.25) is 10.2 Å². The van der Waals surface area contributed by atoms with Gasteiger partial charge in [-0.15, -0.1) is 0 Å². The highest BCUT2D eigenvalue weighted by Crippen LogP contribution is 2.36. The Morgan fingerprint density at radius 2 is 2.10 bits per heavy atom. The molecule has 0 atom stereocenters. The molecule has 0 radical (unpaired) electrons. The number of hydrogen-bond acceptors (Lipinski definition) is 4. The second-order valence-corrected chi connectivity index (χ2v) is 4.91. The molecule has 108 valence electrons. The highest BCUT2D eigenvalue weighted by atomic mass is 35.5. The fourth-order valence-electron chi connectivity index (χ4n) is 1.70. The van der Waals surface area contributed by atoms with Crippen molar-refractivity contribution in [1.29, 1.82) is 0 Å². The van der Waals surface area contributed by atoms with Gasteiger partial charge in [-0.2, -0.15) is 0 Å². The average Bonchev–Trinajstić information content (AvgIpc) is 2.76. The Labute approximate surface area is 126 Å². The minimum Gasteiger partial charge on any atom is -0.493 e. The van der Waals surface area contributed by atoms with E-state index >= 15 is 0 Å². The molecule has 5 nitrogen and oxygen atoms in total. The lowest BCUT2D eigenvalue weighted by atomic mass is 10.2. The molecule has 0 unspecified atom stereocenters. The number of nitrogens with zero attached hydrogens (tertiary/aromatic N) is 2. The van der Waals surface area contributed by atoms with Gasteiger partial charge < -0.3 is 19.1 Å². The van der Waals surface area contributed by atoms with E-state index in [1.807, 2.05) is 0 Å². The zero-order chi connectivity index (χ0) is 14.7. The van der Waals surface area contributed by atoms with Gasteiger partial charge in [-0.1, -0.05) is 23.2 Å². The van der Waals surface area contributed by atoms with E-state index in [-0.39, 0.29) is 13.2 Å². The molecule has 20 heavy (non-hydrogen) atoms. The Hall–Kier alpha value is -1.43. The number of ether oxygens (including phenoxy) is 2. The van der Waals surface area contributed by atoms with Crippen LogP contribution >= 0.6 is 23.2 Å². The molecular weight excluding hydrogens is 303 g/mol. The molecule has 0 aliphatic carbocycles. The molecule has 0 saturated carbocycles. The van der Waals surface area contributed by atoms with E-state index in [1.54, 1.807) is 29.9 Å². The van der Waals surface area contributed by atoms with E-state index in [1.165, 1.54) is 7.11 Å². The van der Waals surface area contributed by atoms with Crippen LogP contribution in [0.1, 0.15) is 11.4 Å². The van der Waals surface area contributed by atoms with Crippen molar-refractivity contribution in [2.24, 2.45) is 7.05 Å². The maximum Gasteiger partial charge on any atom is 0.180 e. The number of imidazole rings is 1. The number of aromatic nitrogens is 2. The molecule has 0 bridgehead atoms. The van der Waals surface area contributed by atoms with Gasteiger partial charge in [0.15, 0.2) is 11.5 Å². The van der Waals surface area contributed by atoms with E-state index < -0.39 is 0 Å². The first-order valence-electron chi connectivity index (χ1n) is 5.83. The third-order valence-electron chi connectivity index (χ3n) is 2.85. The van der Waals surface area contributed by atoms with Gasteiger partial charge in [0.1, 0.15) is 17.6 Å². The van der Waals surface area contributed by atoms with Crippen LogP contribution in [0.3, 0.4) is 0 Å². The minimum atomic E-state index is -0.120. The van der Waals surface area contributed by atoms with Crippen molar-refractivity contribution in [2.75, 3.05) is 7.11 Å². The molecule has 1 aromatic heterocycles. The van der Waals surface area contributed by atoms with E-state index in [0.29, 0.717) is 33.1 Å². The van der Waals surface area contributed by atoms with Crippen molar-refractivity contribution in [1.82, 2.24) is 9.55 Å². The predicted octanol–water partition coefficient (Wildman–Crippen LogP) is 2.81. The van der Waals surface area contributed by atoms with E-state index in [4.69, 9.17) is 37.8 Å². The molecule has 7 heteroatoms. The van der Waals surface area contributed by atoms with E-state index in [9.17, 15) is 0 Å². The highest BCUT2D eigenvalue weighted by Gasteiger charge is 2.13. The molecule has 0 amide bonds. The van der Waals surface area contributed by atoms with Gasteiger partial charge in [0.25, 0.3) is 0 Å². The van der Waals surface area contributed by atoms with Crippen LogP contribution in [0.4, 0.5) is 0 Å². The summed E-state index contributed by atoms with van der Waals surface area (Å²) in [6.07, 6.45) is 1.55. The molecule has 2 rings (SSSR count). The van der Waals surface area contributed by atoms with Crippen molar-refractivity contribution >= 4 is 23.2 Å². The van der Waals surface area contributed by atoms with Crippen molar-refractivity contribution in [3.8, 4) is 11.5 Å². The van der Waals surface area contributed by atoms with Gasteiger partial charge in [-0.3, -0.25) is 0 Å². The molecular formula is C13H14Cl2N2O3. The van der Waals surface area contributed by atoms with Crippen LogP contribution in [0, 0.1) is 0 Å². The molecule has 2 aromatic rings. The summed E-state index contributed by atoms with van der Waals surface area (Å²) < 4.78 is 12.6. The SMILES string of the molecule is COc1cc(CO)cc(Cl)c1OCc1ncc(Cl)n1C. The summed E-state index contributed by atoms with van der Waals surface area (Å²) in [5.41, 5.74) is 0.652. The number of aliphatic hydroxyl groups excluding tert-OH is 1. The number of rotatable bonds is 5. The molecule has 1 aromatic carbocycles. The first kappa shape index (κ1) is 15.0. The van der Waals surface area contributed by atoms with E-state index in [2.05, 4.69) is 4.98 Å². The van der Waals surface area contributed by atoms with Crippen LogP contribution in [0.25, 0.3) is 0 Å². The largest absolute Gasteiger partial charge is 0.493 e. The number of methoxy groups -OCH3 is 1. The lowest BCUT2D eigenvalue weighted by Gasteiger charge is -2.13. The van der Waals surface area contributed by atoms with Crippen LogP contribution in [-0.4, -0.2) is 21.8 Å². The number of benzene rings is 1. The van der Waals surface area contributed by atoms with Gasteiger partial charge in [-0.05, 0) is 17.7 Å². The minimum absolute atomic E-state index is 0.120. The Morgan fingerprint density at radius 1 is 1.35 bits per heavy atom. The Bertz CT molecular complexity index is 614. The first-order valence-corrected chi connectivity index (χ1v) is 6.58. The number of halogens is 2. The van der Waals surface area contributed by atoms with Crippen LogP contribution in [0.5, 0.6) is 11.5 Å². The fourth-order valence-corrected chi connectivity index (χ4v) is 2.13. The van der Waals surface area contributed by atoms with Crippen molar-refractivity contribution in [2.45, 2.75) is 13.2 Å². The lowest BCUT2D eigenvalue weighted by molar-refractivity contribution is 0.268. The zero-order valence-corrected chi connectivity index (χ0v) is 12.6. The summed E-state index contributed by atoms with van der Waals surface area (Å²) >= 11 is 12.0. The average molecular weight is 317 g/mol. The summed E-state index contributed by atoms with van der Waals surface area (Å²) in [6, 6.07) is 3.30. The third kappa shape index (κ3) is 3.00. The van der Waals surface area contributed by atoms with Gasteiger partial charge >= 0.3 is 0 Å². The van der Waals surface area contributed by atoms with E-state index in [0.717, 1.165) is 0 Å². The quantitative estimate of drug-likeness (QED) is 0.921. The van der Waals surface area contributed by atoms with Gasteiger partial charge in [0, 0.05) is 7.05 Å². The maximum atomic E-state index is 9.14.